The molecule has 0 amide bonds. The number of furan rings is 1. The van der Waals surface area contributed by atoms with E-state index in [1.54, 1.807) is 0 Å². The maximum Gasteiger partial charge on any atom is 0.138 e. The van der Waals surface area contributed by atoms with Crippen molar-refractivity contribution in [2.45, 2.75) is 0 Å². The standard InChI is InChI=1S/C34H21NO/c1-2-11-24-22(9-1)23-10-3-4-12-25(23)30-19-21(17-18-26(24)30)35-31-20-33-34(28-14-6-5-13-27(28)31)29-15-7-8-16-32(29)36-33/h1-20,35H. The second-order valence-electron chi connectivity index (χ2n) is 9.42. The first kappa shape index (κ1) is 19.5. The van der Waals surface area contributed by atoms with Crippen LogP contribution in [0.3, 0.4) is 0 Å². The first-order valence-corrected chi connectivity index (χ1v) is 12.3. The molecule has 0 aliphatic rings. The minimum absolute atomic E-state index is 0.898. The highest BCUT2D eigenvalue weighted by Gasteiger charge is 2.14. The number of anilines is 2. The van der Waals surface area contributed by atoms with Crippen molar-refractivity contribution in [2.75, 3.05) is 5.32 Å². The van der Waals surface area contributed by atoms with Gasteiger partial charge in [-0.15, -0.1) is 0 Å². The molecule has 0 saturated carbocycles. The fourth-order valence-corrected chi connectivity index (χ4v) is 5.83. The molecule has 0 unspecified atom stereocenters. The predicted octanol–water partition coefficient (Wildman–Crippen LogP) is 9.94. The quantitative estimate of drug-likeness (QED) is 0.260. The van der Waals surface area contributed by atoms with Gasteiger partial charge in [0, 0.05) is 27.9 Å². The zero-order chi connectivity index (χ0) is 23.6. The lowest BCUT2D eigenvalue weighted by Crippen LogP contribution is -1.93. The van der Waals surface area contributed by atoms with Gasteiger partial charge in [0.2, 0.25) is 0 Å². The van der Waals surface area contributed by atoms with E-state index in [0.717, 1.165) is 27.9 Å². The summed E-state index contributed by atoms with van der Waals surface area (Å²) in [4.78, 5) is 0. The Morgan fingerprint density at radius 1 is 0.389 bits per heavy atom. The summed E-state index contributed by atoms with van der Waals surface area (Å²) in [6.45, 7) is 0. The summed E-state index contributed by atoms with van der Waals surface area (Å²) in [5, 5.41) is 16.1. The van der Waals surface area contributed by atoms with E-state index in [0.29, 0.717) is 0 Å². The normalized spacial score (nSPS) is 11.9. The molecule has 7 aromatic carbocycles. The van der Waals surface area contributed by atoms with Crippen molar-refractivity contribution in [3.8, 4) is 0 Å². The number of rotatable bonds is 2. The third kappa shape index (κ3) is 2.73. The summed E-state index contributed by atoms with van der Waals surface area (Å²) in [5.74, 6) is 0. The van der Waals surface area contributed by atoms with E-state index < -0.39 is 0 Å². The van der Waals surface area contributed by atoms with Crippen LogP contribution in [-0.4, -0.2) is 0 Å². The van der Waals surface area contributed by atoms with Gasteiger partial charge in [-0.1, -0.05) is 97.1 Å². The Kier molecular flexibility index (Phi) is 3.97. The van der Waals surface area contributed by atoms with Crippen LogP contribution >= 0.6 is 0 Å². The highest BCUT2D eigenvalue weighted by Crippen LogP contribution is 2.40. The Bertz CT molecular complexity index is 2100. The molecule has 0 aliphatic carbocycles. The van der Waals surface area contributed by atoms with Crippen LogP contribution < -0.4 is 5.32 Å². The van der Waals surface area contributed by atoms with Crippen molar-refractivity contribution in [3.05, 3.63) is 121 Å². The summed E-state index contributed by atoms with van der Waals surface area (Å²) in [6.07, 6.45) is 0. The monoisotopic (exact) mass is 459 g/mol. The topological polar surface area (TPSA) is 25.2 Å². The molecular weight excluding hydrogens is 438 g/mol. The molecule has 36 heavy (non-hydrogen) atoms. The number of fused-ring (bicyclic) bond motifs is 11. The fourth-order valence-electron chi connectivity index (χ4n) is 5.83. The molecule has 0 spiro atoms. The molecule has 0 saturated heterocycles. The minimum atomic E-state index is 0.898. The van der Waals surface area contributed by atoms with Crippen LogP contribution in [0.1, 0.15) is 0 Å². The Balaban J connectivity index is 1.37. The van der Waals surface area contributed by atoms with Gasteiger partial charge in [-0.3, -0.25) is 0 Å². The van der Waals surface area contributed by atoms with Gasteiger partial charge in [-0.25, -0.2) is 0 Å². The second-order valence-corrected chi connectivity index (χ2v) is 9.42. The zero-order valence-corrected chi connectivity index (χ0v) is 19.5. The van der Waals surface area contributed by atoms with Crippen molar-refractivity contribution in [1.82, 2.24) is 0 Å². The molecule has 0 atom stereocenters. The molecule has 168 valence electrons. The molecule has 2 heteroatoms. The number of nitrogens with one attached hydrogen (secondary N) is 1. The van der Waals surface area contributed by atoms with Gasteiger partial charge in [-0.05, 0) is 55.9 Å². The van der Waals surface area contributed by atoms with Crippen molar-refractivity contribution in [2.24, 2.45) is 0 Å². The maximum atomic E-state index is 6.27. The van der Waals surface area contributed by atoms with Crippen LogP contribution in [0.2, 0.25) is 0 Å². The van der Waals surface area contributed by atoms with E-state index in [-0.39, 0.29) is 0 Å². The molecule has 1 aromatic heterocycles. The maximum absolute atomic E-state index is 6.27. The lowest BCUT2D eigenvalue weighted by Gasteiger charge is -2.14. The lowest BCUT2D eigenvalue weighted by atomic mass is 9.94. The zero-order valence-electron chi connectivity index (χ0n) is 19.5. The SMILES string of the molecule is c1ccc2c(c1)oc1cc(Nc3ccc4c5ccccc5c5ccccc5c4c3)c3ccccc3c12. The Morgan fingerprint density at radius 3 is 1.61 bits per heavy atom. The van der Waals surface area contributed by atoms with Gasteiger partial charge >= 0.3 is 0 Å². The van der Waals surface area contributed by atoms with Crippen molar-refractivity contribution in [1.29, 1.82) is 0 Å². The number of benzene rings is 7. The average molecular weight is 460 g/mol. The molecule has 0 bridgehead atoms. The second kappa shape index (κ2) is 7.34. The van der Waals surface area contributed by atoms with Gasteiger partial charge in [0.25, 0.3) is 0 Å². The number of para-hydroxylation sites is 1. The minimum Gasteiger partial charge on any atom is -0.456 e. The van der Waals surface area contributed by atoms with E-state index >= 15 is 0 Å². The van der Waals surface area contributed by atoms with Gasteiger partial charge in [-0.2, -0.15) is 0 Å². The molecule has 8 rings (SSSR count). The lowest BCUT2D eigenvalue weighted by molar-refractivity contribution is 0.669. The van der Waals surface area contributed by atoms with Crippen LogP contribution in [0.15, 0.2) is 126 Å². The van der Waals surface area contributed by atoms with E-state index in [4.69, 9.17) is 4.42 Å². The summed E-state index contributed by atoms with van der Waals surface area (Å²) < 4.78 is 6.27. The Hall–Kier alpha value is -4.82. The van der Waals surface area contributed by atoms with Crippen LogP contribution in [0, 0.1) is 0 Å². The van der Waals surface area contributed by atoms with Gasteiger partial charge in [0.05, 0.1) is 5.69 Å². The van der Waals surface area contributed by atoms with Crippen molar-refractivity contribution < 1.29 is 4.42 Å². The van der Waals surface area contributed by atoms with Gasteiger partial charge in [0.1, 0.15) is 11.2 Å². The fraction of sp³-hybridized carbons (Fsp3) is 0. The molecule has 8 aromatic rings. The van der Waals surface area contributed by atoms with E-state index in [1.807, 2.05) is 12.1 Å². The molecule has 0 fully saturated rings. The number of hydrogen-bond donors (Lipinski definition) is 1. The van der Waals surface area contributed by atoms with Crippen LogP contribution in [-0.2, 0) is 0 Å². The van der Waals surface area contributed by atoms with Crippen LogP contribution in [0.5, 0.6) is 0 Å². The van der Waals surface area contributed by atoms with E-state index in [9.17, 15) is 0 Å². The van der Waals surface area contributed by atoms with Crippen molar-refractivity contribution in [3.63, 3.8) is 0 Å². The average Bonchev–Trinajstić information content (AvgIpc) is 3.32. The molecule has 1 N–H and O–H groups in total. The molecule has 0 aliphatic heterocycles. The number of hydrogen-bond acceptors (Lipinski definition) is 2. The third-order valence-electron chi connectivity index (χ3n) is 7.41. The molecule has 0 radical (unpaired) electrons. The summed E-state index contributed by atoms with van der Waals surface area (Å²) in [6, 6.07) is 43.1. The Labute approximate surface area is 207 Å². The summed E-state index contributed by atoms with van der Waals surface area (Å²) >= 11 is 0. The van der Waals surface area contributed by atoms with E-state index in [1.165, 1.54) is 48.5 Å². The predicted molar refractivity (Wildman–Crippen MR) is 153 cm³/mol. The van der Waals surface area contributed by atoms with Gasteiger partial charge < -0.3 is 9.73 Å². The smallest absolute Gasteiger partial charge is 0.138 e. The molecular formula is C34H21NO. The van der Waals surface area contributed by atoms with Crippen LogP contribution in [0.4, 0.5) is 11.4 Å². The summed E-state index contributed by atoms with van der Waals surface area (Å²) in [5.41, 5.74) is 3.92. The van der Waals surface area contributed by atoms with E-state index in [2.05, 4.69) is 115 Å². The van der Waals surface area contributed by atoms with Crippen LogP contribution in [0.25, 0.3) is 65.0 Å². The third-order valence-corrected chi connectivity index (χ3v) is 7.41. The first-order chi connectivity index (χ1) is 17.8. The summed E-state index contributed by atoms with van der Waals surface area (Å²) in [7, 11) is 0. The highest BCUT2D eigenvalue weighted by molar-refractivity contribution is 6.26. The Morgan fingerprint density at radius 2 is 0.917 bits per heavy atom. The van der Waals surface area contributed by atoms with Gasteiger partial charge in [0.15, 0.2) is 0 Å². The molecule has 2 nitrogen and oxygen atoms in total. The van der Waals surface area contributed by atoms with Crippen molar-refractivity contribution >= 4 is 76.4 Å². The molecule has 1 heterocycles. The highest BCUT2D eigenvalue weighted by atomic mass is 16.3. The first-order valence-electron chi connectivity index (χ1n) is 12.3. The largest absolute Gasteiger partial charge is 0.456 e.